The summed E-state index contributed by atoms with van der Waals surface area (Å²) in [6.45, 7) is 3.89. The van der Waals surface area contributed by atoms with Gasteiger partial charge in [0.1, 0.15) is 17.4 Å². The molecule has 2 aromatic heterocycles. The number of hydrogen-bond acceptors (Lipinski definition) is 4. The van der Waals surface area contributed by atoms with E-state index in [9.17, 15) is 10.1 Å². The summed E-state index contributed by atoms with van der Waals surface area (Å²) in [6.07, 6.45) is 0. The molecule has 0 radical (unpaired) electrons. The Morgan fingerprint density at radius 1 is 1.24 bits per heavy atom. The Morgan fingerprint density at radius 2 is 1.96 bits per heavy atom. The molecule has 25 heavy (non-hydrogen) atoms. The van der Waals surface area contributed by atoms with E-state index in [4.69, 9.17) is 4.42 Å². The highest BCUT2D eigenvalue weighted by atomic mass is 79.9. The van der Waals surface area contributed by atoms with Gasteiger partial charge in [-0.25, -0.2) is 0 Å². The first kappa shape index (κ1) is 17.6. The quantitative estimate of drug-likeness (QED) is 0.583. The van der Waals surface area contributed by atoms with E-state index in [1.54, 1.807) is 11.8 Å². The molecule has 0 saturated carbocycles. The zero-order valence-corrected chi connectivity index (χ0v) is 16.1. The molecule has 0 aliphatic rings. The van der Waals surface area contributed by atoms with Crippen LogP contribution in [0.1, 0.15) is 18.2 Å². The van der Waals surface area contributed by atoms with Gasteiger partial charge in [0.2, 0.25) is 0 Å². The molecule has 0 unspecified atom stereocenters. The van der Waals surface area contributed by atoms with Gasteiger partial charge in [-0.1, -0.05) is 46.7 Å². The predicted molar refractivity (Wildman–Crippen MR) is 104 cm³/mol. The van der Waals surface area contributed by atoms with Crippen LogP contribution in [-0.4, -0.2) is 10.7 Å². The van der Waals surface area contributed by atoms with Crippen LogP contribution < -0.4 is 5.56 Å². The Hall–Kier alpha value is -2.23. The number of nitrogens with zero attached hydrogens (tertiary/aromatic N) is 1. The Bertz CT molecular complexity index is 1010. The second-order valence-electron chi connectivity index (χ2n) is 5.41. The molecule has 3 rings (SSSR count). The van der Waals surface area contributed by atoms with E-state index >= 15 is 0 Å². The molecule has 2 heterocycles. The van der Waals surface area contributed by atoms with Crippen molar-refractivity contribution in [3.05, 3.63) is 62.5 Å². The molecular weight excluding hydrogens is 400 g/mol. The lowest BCUT2D eigenvalue weighted by Gasteiger charge is -2.08. The lowest BCUT2D eigenvalue weighted by molar-refractivity contribution is 0.450. The zero-order valence-electron chi connectivity index (χ0n) is 13.7. The molecule has 6 heteroatoms. The topological polar surface area (TPSA) is 69.8 Å². The van der Waals surface area contributed by atoms with Crippen molar-refractivity contribution in [2.75, 3.05) is 5.75 Å². The van der Waals surface area contributed by atoms with Crippen molar-refractivity contribution in [2.24, 2.45) is 0 Å². The summed E-state index contributed by atoms with van der Waals surface area (Å²) in [4.78, 5) is 15.3. The first-order valence-corrected chi connectivity index (χ1v) is 9.48. The van der Waals surface area contributed by atoms with Gasteiger partial charge >= 0.3 is 0 Å². The minimum atomic E-state index is -0.399. The van der Waals surface area contributed by atoms with Crippen molar-refractivity contribution in [3.8, 4) is 28.5 Å². The molecule has 0 spiro atoms. The molecule has 3 aromatic rings. The predicted octanol–water partition coefficient (Wildman–Crippen LogP) is 5.36. The van der Waals surface area contributed by atoms with E-state index in [2.05, 4.69) is 20.9 Å². The second-order valence-corrected chi connectivity index (χ2v) is 7.56. The van der Waals surface area contributed by atoms with Gasteiger partial charge in [0.15, 0.2) is 5.09 Å². The summed E-state index contributed by atoms with van der Waals surface area (Å²) in [5, 5.41) is 10.2. The number of aromatic nitrogens is 1. The van der Waals surface area contributed by atoms with Crippen LogP contribution in [0.3, 0.4) is 0 Å². The van der Waals surface area contributed by atoms with Crippen molar-refractivity contribution in [1.82, 2.24) is 4.98 Å². The van der Waals surface area contributed by atoms with Gasteiger partial charge in [0.05, 0.1) is 0 Å². The minimum Gasteiger partial charge on any atom is -0.455 e. The van der Waals surface area contributed by atoms with Gasteiger partial charge in [0, 0.05) is 21.3 Å². The molecule has 0 amide bonds. The average Bonchev–Trinajstić information content (AvgIpc) is 2.95. The van der Waals surface area contributed by atoms with Gasteiger partial charge in [0.25, 0.3) is 5.56 Å². The van der Waals surface area contributed by atoms with Gasteiger partial charge < -0.3 is 9.40 Å². The maximum Gasteiger partial charge on any atom is 0.266 e. The lowest BCUT2D eigenvalue weighted by Crippen LogP contribution is -2.12. The number of nitrogens with one attached hydrogen (secondary N) is 1. The maximum atomic E-state index is 12.5. The van der Waals surface area contributed by atoms with E-state index in [0.717, 1.165) is 32.2 Å². The van der Waals surface area contributed by atoms with E-state index in [1.165, 1.54) is 0 Å². The van der Waals surface area contributed by atoms with Crippen LogP contribution in [0, 0.1) is 18.3 Å². The van der Waals surface area contributed by atoms with Crippen LogP contribution >= 0.6 is 27.7 Å². The Labute approximate surface area is 158 Å². The van der Waals surface area contributed by atoms with Gasteiger partial charge in [-0.2, -0.15) is 5.26 Å². The first-order chi connectivity index (χ1) is 12.0. The fraction of sp³-hybridized carbons (Fsp3) is 0.158. The number of aromatic amines is 1. The number of pyridine rings is 1. The average molecular weight is 415 g/mol. The van der Waals surface area contributed by atoms with Gasteiger partial charge in [-0.15, -0.1) is 0 Å². The molecule has 1 N–H and O–H groups in total. The highest BCUT2D eigenvalue weighted by molar-refractivity contribution is 9.10. The number of benzene rings is 1. The number of furan rings is 1. The SMILES string of the molecule is CCSc1oc(C)cc1-c1cc(-c2ccc(Br)cc2)[nH]c(=O)c1C#N. The lowest BCUT2D eigenvalue weighted by atomic mass is 10.0. The standard InChI is InChI=1S/C19H15BrN2O2S/c1-3-25-19-15(8-11(2)24-19)14-9-17(22-18(23)16(14)10-21)12-4-6-13(20)7-5-12/h4-9H,3H2,1-2H3,(H,22,23). The molecule has 0 aliphatic heterocycles. The maximum absolute atomic E-state index is 12.5. The third-order valence-electron chi connectivity index (χ3n) is 3.69. The Balaban J connectivity index is 2.24. The molecule has 0 bridgehead atoms. The van der Waals surface area contributed by atoms with Crippen molar-refractivity contribution >= 4 is 27.7 Å². The van der Waals surface area contributed by atoms with Crippen LogP contribution in [0.5, 0.6) is 0 Å². The molecule has 0 atom stereocenters. The summed E-state index contributed by atoms with van der Waals surface area (Å²) < 4.78 is 6.70. The van der Waals surface area contributed by atoms with E-state index < -0.39 is 5.56 Å². The summed E-state index contributed by atoms with van der Waals surface area (Å²) in [5.41, 5.74) is 2.61. The Morgan fingerprint density at radius 3 is 2.60 bits per heavy atom. The first-order valence-electron chi connectivity index (χ1n) is 7.70. The second kappa shape index (κ2) is 7.34. The van der Waals surface area contributed by atoms with Crippen molar-refractivity contribution in [2.45, 2.75) is 18.9 Å². The number of aryl methyl sites for hydroxylation is 1. The smallest absolute Gasteiger partial charge is 0.266 e. The summed E-state index contributed by atoms with van der Waals surface area (Å²) in [6, 6.07) is 13.4. The number of nitriles is 1. The number of rotatable bonds is 4. The van der Waals surface area contributed by atoms with Gasteiger partial charge in [-0.3, -0.25) is 4.79 Å². The summed E-state index contributed by atoms with van der Waals surface area (Å²) >= 11 is 4.96. The van der Waals surface area contributed by atoms with Crippen molar-refractivity contribution in [1.29, 1.82) is 5.26 Å². The number of thioether (sulfide) groups is 1. The fourth-order valence-electron chi connectivity index (χ4n) is 2.59. The molecule has 0 saturated heterocycles. The van der Waals surface area contributed by atoms with Crippen molar-refractivity contribution < 1.29 is 4.42 Å². The molecule has 0 fully saturated rings. The third kappa shape index (κ3) is 3.58. The van der Waals surface area contributed by atoms with Crippen molar-refractivity contribution in [3.63, 3.8) is 0 Å². The zero-order chi connectivity index (χ0) is 18.0. The van der Waals surface area contributed by atoms with E-state index in [-0.39, 0.29) is 5.56 Å². The molecule has 0 aliphatic carbocycles. The van der Waals surface area contributed by atoms with Crippen LogP contribution in [0.4, 0.5) is 0 Å². The number of H-pyrrole nitrogens is 1. The van der Waals surface area contributed by atoms with Crippen LogP contribution in [0.2, 0.25) is 0 Å². The van der Waals surface area contributed by atoms with Crippen LogP contribution in [0.15, 0.2) is 55.2 Å². The van der Waals surface area contributed by atoms with Crippen LogP contribution in [-0.2, 0) is 0 Å². The van der Waals surface area contributed by atoms with Crippen LogP contribution in [0.25, 0.3) is 22.4 Å². The molecule has 126 valence electrons. The normalized spacial score (nSPS) is 10.6. The largest absolute Gasteiger partial charge is 0.455 e. The number of hydrogen-bond donors (Lipinski definition) is 1. The molecule has 1 aromatic carbocycles. The highest BCUT2D eigenvalue weighted by Crippen LogP contribution is 2.36. The number of halogens is 1. The molecular formula is C19H15BrN2O2S. The van der Waals surface area contributed by atoms with E-state index in [1.807, 2.05) is 56.3 Å². The van der Waals surface area contributed by atoms with Gasteiger partial charge in [-0.05, 0) is 42.5 Å². The highest BCUT2D eigenvalue weighted by Gasteiger charge is 2.18. The molecule has 4 nitrogen and oxygen atoms in total. The Kier molecular flexibility index (Phi) is 5.16. The third-order valence-corrected chi connectivity index (χ3v) is 5.07. The fourth-order valence-corrected chi connectivity index (χ4v) is 3.63. The monoisotopic (exact) mass is 414 g/mol. The minimum absolute atomic E-state index is 0.0969. The van der Waals surface area contributed by atoms with E-state index in [0.29, 0.717) is 11.3 Å². The summed E-state index contributed by atoms with van der Waals surface area (Å²) in [7, 11) is 0. The summed E-state index contributed by atoms with van der Waals surface area (Å²) in [5.74, 6) is 1.59.